The topological polar surface area (TPSA) is 74.3 Å². The monoisotopic (exact) mass is 413 g/mol. The van der Waals surface area contributed by atoms with Gasteiger partial charge in [-0.1, -0.05) is 18.2 Å². The van der Waals surface area contributed by atoms with E-state index >= 15 is 0 Å². The van der Waals surface area contributed by atoms with Crippen LogP contribution in [0.25, 0.3) is 27.5 Å². The number of rotatable bonds is 3. The zero-order valence-electron chi connectivity index (χ0n) is 16.3. The predicted molar refractivity (Wildman–Crippen MR) is 121 cm³/mol. The summed E-state index contributed by atoms with van der Waals surface area (Å²) in [6.07, 6.45) is 6.70. The van der Waals surface area contributed by atoms with E-state index in [1.54, 1.807) is 12.3 Å². The van der Waals surface area contributed by atoms with E-state index in [0.29, 0.717) is 27.6 Å². The molecule has 0 aliphatic carbocycles. The highest BCUT2D eigenvalue weighted by Gasteiger charge is 2.20. The highest BCUT2D eigenvalue weighted by Crippen LogP contribution is 2.29. The van der Waals surface area contributed by atoms with E-state index < -0.39 is 0 Å². The number of aromatic nitrogens is 3. The van der Waals surface area contributed by atoms with Crippen LogP contribution in [0.1, 0.15) is 29.8 Å². The summed E-state index contributed by atoms with van der Waals surface area (Å²) in [5.74, 6) is 0.653. The molecular formula is C23H19N5OS. The Morgan fingerprint density at radius 2 is 1.87 bits per heavy atom. The van der Waals surface area contributed by atoms with Crippen LogP contribution in [-0.4, -0.2) is 27.5 Å². The molecule has 1 fully saturated rings. The summed E-state index contributed by atoms with van der Waals surface area (Å²) in [5, 5.41) is 10.5. The van der Waals surface area contributed by atoms with Gasteiger partial charge in [0.05, 0.1) is 21.4 Å². The third-order valence-corrected chi connectivity index (χ3v) is 6.41. The van der Waals surface area contributed by atoms with Crippen LogP contribution < -0.4 is 10.5 Å². The molecule has 0 spiro atoms. The van der Waals surface area contributed by atoms with Crippen molar-refractivity contribution in [1.29, 1.82) is 5.26 Å². The Morgan fingerprint density at radius 3 is 2.67 bits per heavy atom. The van der Waals surface area contributed by atoms with Gasteiger partial charge in [-0.3, -0.25) is 9.20 Å². The number of hydrogen-bond acceptors (Lipinski definition) is 6. The minimum atomic E-state index is -0.171. The van der Waals surface area contributed by atoms with Crippen LogP contribution in [0.15, 0.2) is 53.5 Å². The van der Waals surface area contributed by atoms with Crippen molar-refractivity contribution in [2.45, 2.75) is 19.3 Å². The minimum Gasteiger partial charge on any atom is -0.356 e. The molecule has 3 aromatic heterocycles. The van der Waals surface area contributed by atoms with Crippen LogP contribution in [0.5, 0.6) is 0 Å². The summed E-state index contributed by atoms with van der Waals surface area (Å²) in [6, 6.07) is 15.6. The van der Waals surface area contributed by atoms with Crippen molar-refractivity contribution in [3.63, 3.8) is 0 Å². The van der Waals surface area contributed by atoms with Gasteiger partial charge in [-0.25, -0.2) is 9.97 Å². The summed E-state index contributed by atoms with van der Waals surface area (Å²) in [4.78, 5) is 24.9. The number of piperidine rings is 1. The Balaban J connectivity index is 1.72. The molecule has 7 heteroatoms. The van der Waals surface area contributed by atoms with Gasteiger partial charge in [0, 0.05) is 19.3 Å². The number of thiazole rings is 1. The van der Waals surface area contributed by atoms with Gasteiger partial charge in [-0.2, -0.15) is 5.26 Å². The number of hydrogen-bond donors (Lipinski definition) is 0. The Morgan fingerprint density at radius 1 is 1.07 bits per heavy atom. The highest BCUT2D eigenvalue weighted by molar-refractivity contribution is 7.19. The van der Waals surface area contributed by atoms with E-state index in [4.69, 9.17) is 4.98 Å². The molecule has 30 heavy (non-hydrogen) atoms. The van der Waals surface area contributed by atoms with Crippen molar-refractivity contribution >= 4 is 44.7 Å². The first-order valence-corrected chi connectivity index (χ1v) is 10.8. The van der Waals surface area contributed by atoms with Crippen LogP contribution in [0.2, 0.25) is 0 Å². The van der Waals surface area contributed by atoms with Crippen LogP contribution in [0.3, 0.4) is 0 Å². The van der Waals surface area contributed by atoms with Gasteiger partial charge in [-0.15, -0.1) is 11.3 Å². The molecule has 1 saturated heterocycles. The largest absolute Gasteiger partial charge is 0.356 e. The Kier molecular flexibility index (Phi) is 4.77. The second-order valence-electron chi connectivity index (χ2n) is 7.29. The van der Waals surface area contributed by atoms with E-state index in [-0.39, 0.29) is 5.56 Å². The van der Waals surface area contributed by atoms with Crippen molar-refractivity contribution in [3.8, 4) is 6.07 Å². The number of benzene rings is 1. The van der Waals surface area contributed by atoms with Gasteiger partial charge in [0.2, 0.25) is 0 Å². The average molecular weight is 414 g/mol. The molecule has 1 aromatic carbocycles. The lowest BCUT2D eigenvalue weighted by Gasteiger charge is -2.29. The van der Waals surface area contributed by atoms with E-state index in [1.165, 1.54) is 22.2 Å². The van der Waals surface area contributed by atoms with Gasteiger partial charge in [0.15, 0.2) is 0 Å². The van der Waals surface area contributed by atoms with Crippen molar-refractivity contribution < 1.29 is 0 Å². The van der Waals surface area contributed by atoms with E-state index in [1.807, 2.05) is 42.5 Å². The molecule has 6 nitrogen and oxygen atoms in total. The molecule has 5 rings (SSSR count). The molecule has 0 atom stereocenters. The zero-order chi connectivity index (χ0) is 20.5. The number of para-hydroxylation sites is 1. The van der Waals surface area contributed by atoms with Crippen molar-refractivity contribution in [1.82, 2.24) is 14.4 Å². The summed E-state index contributed by atoms with van der Waals surface area (Å²) in [5.41, 5.74) is 2.11. The lowest BCUT2D eigenvalue weighted by atomic mass is 10.1. The Bertz CT molecular complexity index is 1340. The number of nitriles is 1. The Labute approximate surface area is 177 Å². The van der Waals surface area contributed by atoms with E-state index in [2.05, 4.69) is 16.0 Å². The van der Waals surface area contributed by atoms with E-state index in [0.717, 1.165) is 36.1 Å². The fourth-order valence-electron chi connectivity index (χ4n) is 3.84. The molecule has 148 valence electrons. The summed E-state index contributed by atoms with van der Waals surface area (Å²) in [7, 11) is 0. The van der Waals surface area contributed by atoms with Gasteiger partial charge in [0.1, 0.15) is 22.5 Å². The highest BCUT2D eigenvalue weighted by atomic mass is 32.1. The second-order valence-corrected chi connectivity index (χ2v) is 8.32. The molecule has 4 heterocycles. The van der Waals surface area contributed by atoms with Gasteiger partial charge >= 0.3 is 0 Å². The first kappa shape index (κ1) is 18.5. The first-order chi connectivity index (χ1) is 14.7. The lowest BCUT2D eigenvalue weighted by molar-refractivity contribution is 0.573. The summed E-state index contributed by atoms with van der Waals surface area (Å²) < 4.78 is 2.55. The second kappa shape index (κ2) is 7.73. The normalized spacial score (nSPS) is 14.9. The average Bonchev–Trinajstić information content (AvgIpc) is 3.23. The standard InChI is InChI=1S/C23H19N5OS/c24-15-16(22-25-18-8-2-3-9-19(18)30-22)14-17-21(27-11-5-1-6-12-27)26-20-10-4-7-13-28(20)23(17)29/h2-4,7-10,13-14H,1,5-6,11-12H2/b16-14+. The molecule has 0 N–H and O–H groups in total. The fourth-order valence-corrected chi connectivity index (χ4v) is 4.77. The van der Waals surface area contributed by atoms with Crippen molar-refractivity contribution in [3.05, 3.63) is 69.6 Å². The lowest BCUT2D eigenvalue weighted by Crippen LogP contribution is -2.33. The van der Waals surface area contributed by atoms with Gasteiger partial charge in [0.25, 0.3) is 5.56 Å². The number of fused-ring (bicyclic) bond motifs is 2. The van der Waals surface area contributed by atoms with Crippen molar-refractivity contribution in [2.24, 2.45) is 0 Å². The zero-order valence-corrected chi connectivity index (χ0v) is 17.1. The third kappa shape index (κ3) is 3.25. The van der Waals surface area contributed by atoms with Crippen LogP contribution >= 0.6 is 11.3 Å². The molecule has 0 radical (unpaired) electrons. The van der Waals surface area contributed by atoms with E-state index in [9.17, 15) is 10.1 Å². The number of pyridine rings is 1. The van der Waals surface area contributed by atoms with Crippen LogP contribution in [-0.2, 0) is 0 Å². The molecule has 0 saturated carbocycles. The van der Waals surface area contributed by atoms with Crippen LogP contribution in [0, 0.1) is 11.3 Å². The quantitative estimate of drug-likeness (QED) is 0.467. The molecule has 1 aliphatic heterocycles. The molecule has 4 aromatic rings. The molecule has 0 bridgehead atoms. The molecule has 0 unspecified atom stereocenters. The van der Waals surface area contributed by atoms with Gasteiger partial charge in [-0.05, 0) is 49.6 Å². The van der Waals surface area contributed by atoms with Gasteiger partial charge < -0.3 is 4.90 Å². The summed E-state index contributed by atoms with van der Waals surface area (Å²) in [6.45, 7) is 1.72. The third-order valence-electron chi connectivity index (χ3n) is 5.34. The first-order valence-electron chi connectivity index (χ1n) is 9.99. The molecule has 1 aliphatic rings. The summed E-state index contributed by atoms with van der Waals surface area (Å²) >= 11 is 1.46. The number of anilines is 1. The maximum Gasteiger partial charge on any atom is 0.267 e. The number of allylic oxidation sites excluding steroid dienone is 1. The fraction of sp³-hybridized carbons (Fsp3) is 0.217. The van der Waals surface area contributed by atoms with Crippen molar-refractivity contribution in [2.75, 3.05) is 18.0 Å². The SMILES string of the molecule is N#C/C(=C\c1c(N2CCCCC2)nc2ccccn2c1=O)c1nc2ccccc2s1. The predicted octanol–water partition coefficient (Wildman–Crippen LogP) is 4.36. The molecular weight excluding hydrogens is 394 g/mol. The number of nitrogens with zero attached hydrogens (tertiary/aromatic N) is 5. The Hall–Kier alpha value is -3.50. The maximum absolute atomic E-state index is 13.4. The minimum absolute atomic E-state index is 0.171. The molecule has 0 amide bonds. The maximum atomic E-state index is 13.4. The van der Waals surface area contributed by atoms with Crippen LogP contribution in [0.4, 0.5) is 5.82 Å². The smallest absolute Gasteiger partial charge is 0.267 e.